The number of nitrogens with zero attached hydrogens (tertiary/aromatic N) is 2. The van der Waals surface area contributed by atoms with Gasteiger partial charge in [-0.3, -0.25) is 9.59 Å². The van der Waals surface area contributed by atoms with E-state index in [2.05, 4.69) is 24.4 Å². The Balaban J connectivity index is 1.44. The molecular weight excluding hydrogens is 314 g/mol. The second kappa shape index (κ2) is 8.48. The molecule has 5 nitrogen and oxygen atoms in total. The van der Waals surface area contributed by atoms with Crippen molar-refractivity contribution in [2.75, 3.05) is 32.7 Å². The Hall–Kier alpha value is -1.88. The summed E-state index contributed by atoms with van der Waals surface area (Å²) in [5, 5.41) is 3.33. The fraction of sp³-hybridized carbons (Fsp3) is 0.600. The molecule has 0 aliphatic carbocycles. The van der Waals surface area contributed by atoms with Crippen LogP contribution in [-0.2, 0) is 16.0 Å². The van der Waals surface area contributed by atoms with Gasteiger partial charge in [-0.25, -0.2) is 0 Å². The SMILES string of the molecule is C[C@@H]1CNCCN1C(=O)C1CCN(C(=O)CCc2ccccc2)CC1. The van der Waals surface area contributed by atoms with Crippen molar-refractivity contribution in [2.24, 2.45) is 5.92 Å². The van der Waals surface area contributed by atoms with Crippen LogP contribution in [0.25, 0.3) is 0 Å². The molecule has 2 amide bonds. The predicted octanol–water partition coefficient (Wildman–Crippen LogP) is 1.68. The third-order valence-corrected chi connectivity index (χ3v) is 5.45. The maximum atomic E-state index is 12.7. The zero-order valence-corrected chi connectivity index (χ0v) is 15.1. The van der Waals surface area contributed by atoms with Crippen LogP contribution >= 0.6 is 0 Å². The van der Waals surface area contributed by atoms with Crippen molar-refractivity contribution in [3.05, 3.63) is 35.9 Å². The third-order valence-electron chi connectivity index (χ3n) is 5.45. The highest BCUT2D eigenvalue weighted by Gasteiger charge is 2.32. The Labute approximate surface area is 150 Å². The van der Waals surface area contributed by atoms with E-state index in [4.69, 9.17) is 0 Å². The molecule has 0 radical (unpaired) electrons. The maximum absolute atomic E-state index is 12.7. The number of benzene rings is 1. The van der Waals surface area contributed by atoms with Gasteiger partial charge in [0.25, 0.3) is 0 Å². The second-order valence-electron chi connectivity index (χ2n) is 7.23. The van der Waals surface area contributed by atoms with Gasteiger partial charge in [-0.15, -0.1) is 0 Å². The largest absolute Gasteiger partial charge is 0.343 e. The molecule has 0 saturated carbocycles. The molecule has 2 fully saturated rings. The first kappa shape index (κ1) is 17.9. The molecule has 0 unspecified atom stereocenters. The van der Waals surface area contributed by atoms with E-state index in [0.717, 1.165) is 38.9 Å². The van der Waals surface area contributed by atoms with Crippen LogP contribution in [0.2, 0.25) is 0 Å². The molecule has 0 bridgehead atoms. The Morgan fingerprint density at radius 3 is 2.52 bits per heavy atom. The normalized spacial score (nSPS) is 22.0. The second-order valence-corrected chi connectivity index (χ2v) is 7.23. The summed E-state index contributed by atoms with van der Waals surface area (Å²) in [6.07, 6.45) is 2.94. The van der Waals surface area contributed by atoms with E-state index in [1.165, 1.54) is 5.56 Å². The first-order chi connectivity index (χ1) is 12.1. The monoisotopic (exact) mass is 343 g/mol. The fourth-order valence-corrected chi connectivity index (χ4v) is 3.83. The van der Waals surface area contributed by atoms with E-state index < -0.39 is 0 Å². The van der Waals surface area contributed by atoms with Crippen molar-refractivity contribution in [2.45, 2.75) is 38.6 Å². The average molecular weight is 343 g/mol. The van der Waals surface area contributed by atoms with Gasteiger partial charge in [0.2, 0.25) is 11.8 Å². The Kier molecular flexibility index (Phi) is 6.08. The summed E-state index contributed by atoms with van der Waals surface area (Å²) >= 11 is 0. The van der Waals surface area contributed by atoms with Gasteiger partial charge in [-0.2, -0.15) is 0 Å². The van der Waals surface area contributed by atoms with E-state index in [9.17, 15) is 9.59 Å². The standard InChI is InChI=1S/C20H29N3O2/c1-16-15-21-11-14-23(16)20(25)18-9-12-22(13-10-18)19(24)8-7-17-5-3-2-4-6-17/h2-6,16,18,21H,7-15H2,1H3/t16-/m1/s1. The lowest BCUT2D eigenvalue weighted by Gasteiger charge is -2.39. The van der Waals surface area contributed by atoms with Crippen molar-refractivity contribution in [1.29, 1.82) is 0 Å². The van der Waals surface area contributed by atoms with Gasteiger partial charge in [0, 0.05) is 51.1 Å². The summed E-state index contributed by atoms with van der Waals surface area (Å²) in [5.74, 6) is 0.578. The minimum absolute atomic E-state index is 0.0822. The minimum atomic E-state index is 0.0822. The van der Waals surface area contributed by atoms with Gasteiger partial charge in [0.1, 0.15) is 0 Å². The molecule has 25 heavy (non-hydrogen) atoms. The lowest BCUT2D eigenvalue weighted by atomic mass is 9.94. The number of aryl methyl sites for hydroxylation is 1. The predicted molar refractivity (Wildman–Crippen MR) is 98.1 cm³/mol. The van der Waals surface area contributed by atoms with Gasteiger partial charge >= 0.3 is 0 Å². The van der Waals surface area contributed by atoms with Gasteiger partial charge in [-0.1, -0.05) is 30.3 Å². The number of carbonyl (C=O) groups is 2. The number of likely N-dealkylation sites (tertiary alicyclic amines) is 1. The van der Waals surface area contributed by atoms with E-state index in [0.29, 0.717) is 19.5 Å². The summed E-state index contributed by atoms with van der Waals surface area (Å²) in [6, 6.07) is 10.4. The minimum Gasteiger partial charge on any atom is -0.343 e. The molecule has 1 aromatic carbocycles. The topological polar surface area (TPSA) is 52.7 Å². The number of hydrogen-bond acceptors (Lipinski definition) is 3. The highest BCUT2D eigenvalue weighted by molar-refractivity contribution is 5.80. The highest BCUT2D eigenvalue weighted by Crippen LogP contribution is 2.22. The molecule has 136 valence electrons. The molecule has 0 spiro atoms. The van der Waals surface area contributed by atoms with Crippen molar-refractivity contribution in [1.82, 2.24) is 15.1 Å². The molecule has 1 aromatic rings. The van der Waals surface area contributed by atoms with Gasteiger partial charge in [0.05, 0.1) is 0 Å². The average Bonchev–Trinajstić information content (AvgIpc) is 2.67. The van der Waals surface area contributed by atoms with Crippen LogP contribution in [0.3, 0.4) is 0 Å². The Bertz CT molecular complexity index is 582. The summed E-state index contributed by atoms with van der Waals surface area (Å²) in [7, 11) is 0. The van der Waals surface area contributed by atoms with Crippen LogP contribution in [0, 0.1) is 5.92 Å². The van der Waals surface area contributed by atoms with E-state index in [1.54, 1.807) is 0 Å². The van der Waals surface area contributed by atoms with Crippen molar-refractivity contribution in [3.8, 4) is 0 Å². The van der Waals surface area contributed by atoms with Crippen molar-refractivity contribution in [3.63, 3.8) is 0 Å². The van der Waals surface area contributed by atoms with Crippen LogP contribution in [0.15, 0.2) is 30.3 Å². The molecule has 2 aliphatic rings. The van der Waals surface area contributed by atoms with Crippen LogP contribution < -0.4 is 5.32 Å². The van der Waals surface area contributed by atoms with E-state index in [1.807, 2.05) is 28.0 Å². The molecule has 1 atom stereocenters. The van der Waals surface area contributed by atoms with Gasteiger partial charge in [0.15, 0.2) is 0 Å². The summed E-state index contributed by atoms with van der Waals surface area (Å²) in [6.45, 7) is 6.09. The van der Waals surface area contributed by atoms with Crippen LogP contribution in [-0.4, -0.2) is 60.4 Å². The van der Waals surface area contributed by atoms with E-state index in [-0.39, 0.29) is 23.8 Å². The first-order valence-corrected chi connectivity index (χ1v) is 9.48. The fourth-order valence-electron chi connectivity index (χ4n) is 3.83. The van der Waals surface area contributed by atoms with Crippen LogP contribution in [0.1, 0.15) is 31.7 Å². The smallest absolute Gasteiger partial charge is 0.226 e. The molecular formula is C20H29N3O2. The quantitative estimate of drug-likeness (QED) is 0.905. The van der Waals surface area contributed by atoms with E-state index >= 15 is 0 Å². The number of carbonyl (C=O) groups excluding carboxylic acids is 2. The lowest BCUT2D eigenvalue weighted by Crippen LogP contribution is -2.55. The zero-order chi connectivity index (χ0) is 17.6. The van der Waals surface area contributed by atoms with Crippen LogP contribution in [0.5, 0.6) is 0 Å². The molecule has 0 aromatic heterocycles. The number of hydrogen-bond donors (Lipinski definition) is 1. The Morgan fingerprint density at radius 2 is 1.84 bits per heavy atom. The number of amides is 2. The number of piperidine rings is 1. The maximum Gasteiger partial charge on any atom is 0.226 e. The van der Waals surface area contributed by atoms with Crippen LogP contribution in [0.4, 0.5) is 0 Å². The zero-order valence-electron chi connectivity index (χ0n) is 15.1. The highest BCUT2D eigenvalue weighted by atomic mass is 16.2. The summed E-state index contributed by atoms with van der Waals surface area (Å²) < 4.78 is 0. The van der Waals surface area contributed by atoms with Crippen molar-refractivity contribution >= 4 is 11.8 Å². The lowest BCUT2D eigenvalue weighted by molar-refractivity contribution is -0.142. The van der Waals surface area contributed by atoms with Gasteiger partial charge < -0.3 is 15.1 Å². The molecule has 2 heterocycles. The molecule has 3 rings (SSSR count). The Morgan fingerprint density at radius 1 is 1.12 bits per heavy atom. The third kappa shape index (κ3) is 4.60. The first-order valence-electron chi connectivity index (χ1n) is 9.48. The molecule has 5 heteroatoms. The molecule has 1 N–H and O–H groups in total. The van der Waals surface area contributed by atoms with Crippen molar-refractivity contribution < 1.29 is 9.59 Å². The summed E-state index contributed by atoms with van der Waals surface area (Å²) in [4.78, 5) is 29.1. The number of piperazine rings is 1. The van der Waals surface area contributed by atoms with Gasteiger partial charge in [-0.05, 0) is 31.7 Å². The summed E-state index contributed by atoms with van der Waals surface area (Å²) in [5.41, 5.74) is 1.20. The number of rotatable bonds is 4. The number of nitrogens with one attached hydrogen (secondary N) is 1. The molecule has 2 aliphatic heterocycles. The molecule has 2 saturated heterocycles.